The quantitative estimate of drug-likeness (QED) is 0.761. The summed E-state index contributed by atoms with van der Waals surface area (Å²) in [5, 5.41) is 10.1. The van der Waals surface area contributed by atoms with Crippen molar-refractivity contribution in [2.45, 2.75) is 57.5 Å². The second-order valence-corrected chi connectivity index (χ2v) is 8.20. The summed E-state index contributed by atoms with van der Waals surface area (Å²) < 4.78 is 2.39. The lowest BCUT2D eigenvalue weighted by Crippen LogP contribution is -2.35. The van der Waals surface area contributed by atoms with E-state index in [1.54, 1.807) is 0 Å². The van der Waals surface area contributed by atoms with Gasteiger partial charge in [0, 0.05) is 36.5 Å². The minimum Gasteiger partial charge on any atom is -0.322 e. The second kappa shape index (κ2) is 7.51. The molecule has 5 rings (SSSR count). The van der Waals surface area contributed by atoms with Crippen molar-refractivity contribution in [2.75, 3.05) is 13.1 Å². The Balaban J connectivity index is 1.27. The van der Waals surface area contributed by atoms with Crippen LogP contribution in [0, 0.1) is 0 Å². The molecule has 0 saturated carbocycles. The van der Waals surface area contributed by atoms with Crippen molar-refractivity contribution in [3.63, 3.8) is 0 Å². The Kier molecular flexibility index (Phi) is 4.72. The molecule has 1 N–H and O–H groups in total. The predicted molar refractivity (Wildman–Crippen MR) is 109 cm³/mol. The van der Waals surface area contributed by atoms with Crippen molar-refractivity contribution in [1.82, 2.24) is 24.6 Å². The molecule has 6 heteroatoms. The van der Waals surface area contributed by atoms with Crippen molar-refractivity contribution in [2.24, 2.45) is 0 Å². The van der Waals surface area contributed by atoms with Gasteiger partial charge in [0.25, 0.3) is 5.56 Å². The van der Waals surface area contributed by atoms with Gasteiger partial charge in [-0.05, 0) is 56.3 Å². The molecule has 3 aromatic rings. The van der Waals surface area contributed by atoms with E-state index in [2.05, 4.69) is 30.7 Å². The summed E-state index contributed by atoms with van der Waals surface area (Å²) in [4.78, 5) is 17.9. The zero-order chi connectivity index (χ0) is 18.9. The summed E-state index contributed by atoms with van der Waals surface area (Å²) in [6, 6.07) is 10.0. The Hall–Kier alpha value is -2.47. The van der Waals surface area contributed by atoms with Crippen LogP contribution < -0.4 is 5.56 Å². The van der Waals surface area contributed by atoms with Gasteiger partial charge >= 0.3 is 0 Å². The van der Waals surface area contributed by atoms with Gasteiger partial charge in [-0.2, -0.15) is 0 Å². The fourth-order valence-corrected chi connectivity index (χ4v) is 4.71. The summed E-state index contributed by atoms with van der Waals surface area (Å²) >= 11 is 0. The van der Waals surface area contributed by atoms with E-state index in [9.17, 15) is 4.79 Å². The molecule has 2 aromatic heterocycles. The maximum absolute atomic E-state index is 12.4. The number of nitrogens with zero attached hydrogens (tertiary/aromatic N) is 4. The average Bonchev–Trinajstić information content (AvgIpc) is 2.97. The molecule has 1 fully saturated rings. The molecule has 0 aliphatic carbocycles. The van der Waals surface area contributed by atoms with E-state index in [1.165, 1.54) is 30.9 Å². The van der Waals surface area contributed by atoms with E-state index in [1.807, 2.05) is 24.3 Å². The monoisotopic (exact) mass is 377 g/mol. The molecule has 28 heavy (non-hydrogen) atoms. The van der Waals surface area contributed by atoms with Gasteiger partial charge in [-0.1, -0.05) is 24.6 Å². The van der Waals surface area contributed by atoms with Crippen molar-refractivity contribution in [3.05, 3.63) is 57.9 Å². The molecule has 6 nitrogen and oxygen atoms in total. The van der Waals surface area contributed by atoms with Crippen LogP contribution in [0.1, 0.15) is 55.2 Å². The standard InChI is InChI=1S/C22H27N5O/c28-22-18(14-17-6-3-4-7-19(17)23-22)15-26-12-9-16(10-13-26)21-25-24-20-8-2-1-5-11-27(20)21/h3-4,6-7,14,16H,1-2,5,8-13,15H2,(H,23,28). The third-order valence-corrected chi connectivity index (χ3v) is 6.32. The summed E-state index contributed by atoms with van der Waals surface area (Å²) in [6.07, 6.45) is 7.00. The van der Waals surface area contributed by atoms with E-state index in [0.717, 1.165) is 55.4 Å². The molecule has 4 heterocycles. The molecule has 0 unspecified atom stereocenters. The number of likely N-dealkylation sites (tertiary alicyclic amines) is 1. The lowest BCUT2D eigenvalue weighted by Gasteiger charge is -2.31. The lowest BCUT2D eigenvalue weighted by molar-refractivity contribution is 0.199. The van der Waals surface area contributed by atoms with Crippen LogP contribution >= 0.6 is 0 Å². The Labute approximate surface area is 164 Å². The fraction of sp³-hybridized carbons (Fsp3) is 0.500. The summed E-state index contributed by atoms with van der Waals surface area (Å²) in [6.45, 7) is 3.79. The van der Waals surface area contributed by atoms with Gasteiger partial charge in [0.2, 0.25) is 0 Å². The summed E-state index contributed by atoms with van der Waals surface area (Å²) in [5.74, 6) is 2.86. The minimum atomic E-state index is 0.0311. The first-order chi connectivity index (χ1) is 13.8. The molecular weight excluding hydrogens is 350 g/mol. The number of benzene rings is 1. The van der Waals surface area contributed by atoms with Crippen molar-refractivity contribution in [1.29, 1.82) is 0 Å². The Morgan fingerprint density at radius 1 is 1.04 bits per heavy atom. The van der Waals surface area contributed by atoms with Gasteiger partial charge in [0.05, 0.1) is 0 Å². The normalized spacial score (nSPS) is 18.9. The highest BCUT2D eigenvalue weighted by molar-refractivity contribution is 5.78. The molecule has 1 saturated heterocycles. The lowest BCUT2D eigenvalue weighted by atomic mass is 9.95. The highest BCUT2D eigenvalue weighted by Crippen LogP contribution is 2.29. The van der Waals surface area contributed by atoms with E-state index in [4.69, 9.17) is 0 Å². The third kappa shape index (κ3) is 3.37. The second-order valence-electron chi connectivity index (χ2n) is 8.20. The Morgan fingerprint density at radius 3 is 2.79 bits per heavy atom. The number of aromatic amines is 1. The van der Waals surface area contributed by atoms with E-state index in [-0.39, 0.29) is 5.56 Å². The smallest absolute Gasteiger partial charge is 0.252 e. The van der Waals surface area contributed by atoms with Crippen LogP contribution in [-0.2, 0) is 19.5 Å². The van der Waals surface area contributed by atoms with Gasteiger partial charge in [0.1, 0.15) is 11.6 Å². The first kappa shape index (κ1) is 17.6. The maximum Gasteiger partial charge on any atom is 0.252 e. The van der Waals surface area contributed by atoms with Gasteiger partial charge in [0.15, 0.2) is 0 Å². The Bertz CT molecular complexity index is 1030. The molecule has 0 bridgehead atoms. The number of piperidine rings is 1. The van der Waals surface area contributed by atoms with Crippen LogP contribution in [0.4, 0.5) is 0 Å². The number of nitrogens with one attached hydrogen (secondary N) is 1. The topological polar surface area (TPSA) is 66.8 Å². The third-order valence-electron chi connectivity index (χ3n) is 6.32. The number of fused-ring (bicyclic) bond motifs is 2. The van der Waals surface area contributed by atoms with Gasteiger partial charge in [-0.3, -0.25) is 9.69 Å². The van der Waals surface area contributed by atoms with E-state index < -0.39 is 0 Å². The number of H-pyrrole nitrogens is 1. The van der Waals surface area contributed by atoms with Crippen LogP contribution in [0.2, 0.25) is 0 Å². The highest BCUT2D eigenvalue weighted by Gasteiger charge is 2.27. The molecule has 0 amide bonds. The number of pyridine rings is 1. The molecule has 2 aliphatic rings. The van der Waals surface area contributed by atoms with E-state index >= 15 is 0 Å². The number of hydrogen-bond donors (Lipinski definition) is 1. The van der Waals surface area contributed by atoms with E-state index in [0.29, 0.717) is 12.5 Å². The number of aromatic nitrogens is 4. The highest BCUT2D eigenvalue weighted by atomic mass is 16.1. The molecule has 0 spiro atoms. The summed E-state index contributed by atoms with van der Waals surface area (Å²) in [7, 11) is 0. The summed E-state index contributed by atoms with van der Waals surface area (Å²) in [5.41, 5.74) is 1.79. The van der Waals surface area contributed by atoms with Gasteiger partial charge in [-0.25, -0.2) is 0 Å². The van der Waals surface area contributed by atoms with Crippen molar-refractivity contribution < 1.29 is 0 Å². The molecular formula is C22H27N5O. The molecule has 0 atom stereocenters. The van der Waals surface area contributed by atoms with Crippen molar-refractivity contribution in [3.8, 4) is 0 Å². The van der Waals surface area contributed by atoms with Gasteiger partial charge in [-0.15, -0.1) is 10.2 Å². The predicted octanol–water partition coefficient (Wildman–Crippen LogP) is 3.23. The number of aryl methyl sites for hydroxylation is 1. The zero-order valence-electron chi connectivity index (χ0n) is 16.2. The average molecular weight is 377 g/mol. The van der Waals surface area contributed by atoms with Crippen LogP contribution in [-0.4, -0.2) is 37.7 Å². The van der Waals surface area contributed by atoms with Crippen molar-refractivity contribution >= 4 is 10.9 Å². The van der Waals surface area contributed by atoms with Crippen LogP contribution in [0.5, 0.6) is 0 Å². The zero-order valence-corrected chi connectivity index (χ0v) is 16.2. The first-order valence-electron chi connectivity index (χ1n) is 10.5. The SMILES string of the molecule is O=c1[nH]c2ccccc2cc1CN1CCC(c2nnc3n2CCCCC3)CC1. The number of hydrogen-bond acceptors (Lipinski definition) is 4. The van der Waals surface area contributed by atoms with Gasteiger partial charge < -0.3 is 9.55 Å². The molecule has 146 valence electrons. The molecule has 1 aromatic carbocycles. The molecule has 2 aliphatic heterocycles. The Morgan fingerprint density at radius 2 is 1.89 bits per heavy atom. The van der Waals surface area contributed by atoms with Crippen LogP contribution in [0.15, 0.2) is 35.1 Å². The number of para-hydroxylation sites is 1. The minimum absolute atomic E-state index is 0.0311. The first-order valence-corrected chi connectivity index (χ1v) is 10.5. The van der Waals surface area contributed by atoms with Crippen LogP contribution in [0.25, 0.3) is 10.9 Å². The van der Waals surface area contributed by atoms with Crippen LogP contribution in [0.3, 0.4) is 0 Å². The molecule has 0 radical (unpaired) electrons. The largest absolute Gasteiger partial charge is 0.322 e. The fourth-order valence-electron chi connectivity index (χ4n) is 4.71. The maximum atomic E-state index is 12.4. The number of rotatable bonds is 3.